The fourth-order valence-corrected chi connectivity index (χ4v) is 4.90. The summed E-state index contributed by atoms with van der Waals surface area (Å²) in [6.07, 6.45) is 7.31. The predicted octanol–water partition coefficient (Wildman–Crippen LogP) is 3.32. The van der Waals surface area contributed by atoms with Crippen molar-refractivity contribution in [1.29, 1.82) is 0 Å². The van der Waals surface area contributed by atoms with Crippen LogP contribution in [0.3, 0.4) is 0 Å². The molecule has 2 aromatic heterocycles. The summed E-state index contributed by atoms with van der Waals surface area (Å²) in [7, 11) is 0. The summed E-state index contributed by atoms with van der Waals surface area (Å²) >= 11 is 3.04. The SMILES string of the molecule is O=C(C=Cc1cccs1)N1CCC(N2C(=O)CN(C(=O)C=Cc3cccs3)C2=O)CC1. The van der Waals surface area contributed by atoms with E-state index in [1.165, 1.54) is 22.3 Å². The third-order valence-electron chi connectivity index (χ3n) is 5.27. The molecule has 2 saturated heterocycles. The Balaban J connectivity index is 1.33. The summed E-state index contributed by atoms with van der Waals surface area (Å²) in [5.74, 6) is -0.952. The Kier molecular flexibility index (Phi) is 6.43. The lowest BCUT2D eigenvalue weighted by Gasteiger charge is -2.35. The number of hydrogen-bond donors (Lipinski definition) is 0. The minimum atomic E-state index is -0.576. The summed E-state index contributed by atoms with van der Waals surface area (Å²) in [6, 6.07) is 6.72. The third kappa shape index (κ3) is 4.83. The van der Waals surface area contributed by atoms with Crippen LogP contribution in [0.2, 0.25) is 0 Å². The highest BCUT2D eigenvalue weighted by Gasteiger charge is 2.43. The van der Waals surface area contributed by atoms with Crippen molar-refractivity contribution in [1.82, 2.24) is 14.7 Å². The van der Waals surface area contributed by atoms with Crippen LogP contribution < -0.4 is 0 Å². The Morgan fingerprint density at radius 1 is 0.903 bits per heavy atom. The van der Waals surface area contributed by atoms with E-state index in [9.17, 15) is 19.2 Å². The van der Waals surface area contributed by atoms with E-state index in [1.54, 1.807) is 34.5 Å². The second-order valence-electron chi connectivity index (χ2n) is 7.22. The number of thiophene rings is 2. The molecule has 31 heavy (non-hydrogen) atoms. The van der Waals surface area contributed by atoms with Gasteiger partial charge in [-0.2, -0.15) is 0 Å². The first-order valence-electron chi connectivity index (χ1n) is 9.92. The van der Waals surface area contributed by atoms with Gasteiger partial charge in [-0.15, -0.1) is 22.7 Å². The second kappa shape index (κ2) is 9.40. The van der Waals surface area contributed by atoms with Crippen LogP contribution in [0, 0.1) is 0 Å². The van der Waals surface area contributed by atoms with Gasteiger partial charge in [0.15, 0.2) is 0 Å². The van der Waals surface area contributed by atoms with E-state index < -0.39 is 11.9 Å². The molecule has 0 saturated carbocycles. The van der Waals surface area contributed by atoms with Gasteiger partial charge in [0, 0.05) is 41.0 Å². The van der Waals surface area contributed by atoms with Gasteiger partial charge in [0.2, 0.25) is 5.91 Å². The van der Waals surface area contributed by atoms with Gasteiger partial charge in [0.25, 0.3) is 11.8 Å². The highest BCUT2D eigenvalue weighted by Crippen LogP contribution is 2.23. The molecule has 0 atom stereocenters. The number of amides is 5. The molecule has 2 aliphatic rings. The van der Waals surface area contributed by atoms with Crippen LogP contribution in [-0.4, -0.2) is 64.1 Å². The number of likely N-dealkylation sites (tertiary alicyclic amines) is 1. The lowest BCUT2D eigenvalue weighted by Crippen LogP contribution is -2.49. The lowest BCUT2D eigenvalue weighted by molar-refractivity contribution is -0.130. The van der Waals surface area contributed by atoms with Crippen molar-refractivity contribution in [3.63, 3.8) is 0 Å². The summed E-state index contributed by atoms with van der Waals surface area (Å²) in [5.41, 5.74) is 0. The van der Waals surface area contributed by atoms with Gasteiger partial charge >= 0.3 is 6.03 Å². The quantitative estimate of drug-likeness (QED) is 0.512. The maximum atomic E-state index is 12.8. The number of hydrogen-bond acceptors (Lipinski definition) is 6. The smallest absolute Gasteiger partial charge is 0.334 e. The molecule has 4 rings (SSSR count). The van der Waals surface area contributed by atoms with Gasteiger partial charge < -0.3 is 4.90 Å². The molecule has 0 bridgehead atoms. The zero-order valence-electron chi connectivity index (χ0n) is 16.7. The van der Waals surface area contributed by atoms with Crippen LogP contribution in [0.25, 0.3) is 12.2 Å². The molecule has 0 radical (unpaired) electrons. The first kappa shape index (κ1) is 21.2. The van der Waals surface area contributed by atoms with Crippen molar-refractivity contribution in [2.24, 2.45) is 0 Å². The summed E-state index contributed by atoms with van der Waals surface area (Å²) in [6.45, 7) is 0.679. The molecule has 0 aliphatic carbocycles. The van der Waals surface area contributed by atoms with Gasteiger partial charge in [-0.05, 0) is 47.9 Å². The highest BCUT2D eigenvalue weighted by molar-refractivity contribution is 7.11. The Morgan fingerprint density at radius 3 is 2.03 bits per heavy atom. The van der Waals surface area contributed by atoms with Crippen molar-refractivity contribution < 1.29 is 19.2 Å². The fraction of sp³-hybridized carbons (Fsp3) is 0.273. The third-order valence-corrected chi connectivity index (χ3v) is 6.95. The molecule has 0 aromatic carbocycles. The van der Waals surface area contributed by atoms with Crippen molar-refractivity contribution in [2.45, 2.75) is 18.9 Å². The number of piperidine rings is 1. The minimum absolute atomic E-state index is 0.0820. The van der Waals surface area contributed by atoms with Crippen molar-refractivity contribution >= 4 is 58.6 Å². The molecule has 5 amide bonds. The summed E-state index contributed by atoms with van der Waals surface area (Å²) in [4.78, 5) is 55.9. The monoisotopic (exact) mass is 455 g/mol. The first-order valence-corrected chi connectivity index (χ1v) is 11.7. The highest BCUT2D eigenvalue weighted by atomic mass is 32.1. The zero-order valence-corrected chi connectivity index (χ0v) is 18.3. The van der Waals surface area contributed by atoms with Gasteiger partial charge in [-0.3, -0.25) is 24.2 Å². The molecule has 160 valence electrons. The number of imide groups is 2. The Morgan fingerprint density at radius 2 is 1.48 bits per heavy atom. The zero-order chi connectivity index (χ0) is 21.8. The molecule has 2 aromatic rings. The van der Waals surface area contributed by atoms with E-state index in [4.69, 9.17) is 0 Å². The Hall–Kier alpha value is -3.04. The van der Waals surface area contributed by atoms with E-state index >= 15 is 0 Å². The standard InChI is InChI=1S/C22H21N3O4S2/c26-19(7-5-17-3-1-13-30-17)23-11-9-16(10-12-23)25-21(28)15-24(22(25)29)20(27)8-6-18-4-2-14-31-18/h1-8,13-14,16H,9-12,15H2. The number of carbonyl (C=O) groups excluding carboxylic acids is 4. The Bertz CT molecular complexity index is 1020. The van der Waals surface area contributed by atoms with Gasteiger partial charge in [-0.25, -0.2) is 4.79 Å². The first-order chi connectivity index (χ1) is 15.0. The molecule has 9 heteroatoms. The molecule has 0 N–H and O–H groups in total. The second-order valence-corrected chi connectivity index (χ2v) is 9.18. The predicted molar refractivity (Wildman–Crippen MR) is 120 cm³/mol. The number of urea groups is 1. The molecule has 2 fully saturated rings. The molecular formula is C22H21N3O4S2. The summed E-state index contributed by atoms with van der Waals surface area (Å²) in [5, 5.41) is 3.84. The van der Waals surface area contributed by atoms with E-state index in [1.807, 2.05) is 35.0 Å². The minimum Gasteiger partial charge on any atom is -0.339 e. The van der Waals surface area contributed by atoms with Crippen LogP contribution >= 0.6 is 22.7 Å². The van der Waals surface area contributed by atoms with Crippen LogP contribution in [-0.2, 0) is 14.4 Å². The van der Waals surface area contributed by atoms with Crippen molar-refractivity contribution in [3.8, 4) is 0 Å². The van der Waals surface area contributed by atoms with Gasteiger partial charge in [0.1, 0.15) is 6.54 Å². The largest absolute Gasteiger partial charge is 0.339 e. The molecule has 4 heterocycles. The van der Waals surface area contributed by atoms with Crippen LogP contribution in [0.4, 0.5) is 4.79 Å². The van der Waals surface area contributed by atoms with Crippen LogP contribution in [0.1, 0.15) is 22.6 Å². The number of carbonyl (C=O) groups is 4. The van der Waals surface area contributed by atoms with Crippen LogP contribution in [0.15, 0.2) is 47.2 Å². The van der Waals surface area contributed by atoms with E-state index in [0.29, 0.717) is 25.9 Å². The average molecular weight is 456 g/mol. The maximum absolute atomic E-state index is 12.8. The molecule has 2 aliphatic heterocycles. The van der Waals surface area contributed by atoms with E-state index in [-0.39, 0.29) is 24.4 Å². The van der Waals surface area contributed by atoms with Gasteiger partial charge in [0.05, 0.1) is 0 Å². The molecule has 0 spiro atoms. The Labute approximate surface area is 187 Å². The van der Waals surface area contributed by atoms with E-state index in [2.05, 4.69) is 0 Å². The average Bonchev–Trinajstić information content (AvgIpc) is 3.53. The van der Waals surface area contributed by atoms with Crippen molar-refractivity contribution in [3.05, 3.63) is 56.9 Å². The molecule has 0 unspecified atom stereocenters. The topological polar surface area (TPSA) is 78.0 Å². The maximum Gasteiger partial charge on any atom is 0.334 e. The number of rotatable bonds is 5. The number of nitrogens with zero attached hydrogens (tertiary/aromatic N) is 3. The molecule has 7 nitrogen and oxygen atoms in total. The summed E-state index contributed by atoms with van der Waals surface area (Å²) < 4.78 is 0. The van der Waals surface area contributed by atoms with E-state index in [0.717, 1.165) is 14.7 Å². The van der Waals surface area contributed by atoms with Crippen molar-refractivity contribution in [2.75, 3.05) is 19.6 Å². The van der Waals surface area contributed by atoms with Crippen LogP contribution in [0.5, 0.6) is 0 Å². The van der Waals surface area contributed by atoms with Gasteiger partial charge in [-0.1, -0.05) is 12.1 Å². The lowest BCUT2D eigenvalue weighted by atomic mass is 10.0. The molecular weight excluding hydrogens is 434 g/mol. The fourth-order valence-electron chi connectivity index (χ4n) is 3.67. The normalized spacial score (nSPS) is 18.1.